The van der Waals surface area contributed by atoms with Crippen LogP contribution >= 0.6 is 0 Å². The molecule has 5 heteroatoms. The molecule has 0 saturated heterocycles. The number of nitrogens with zero attached hydrogens (tertiary/aromatic N) is 1. The van der Waals surface area contributed by atoms with E-state index in [0.29, 0.717) is 12.2 Å². The van der Waals surface area contributed by atoms with Gasteiger partial charge < -0.3 is 20.7 Å². The van der Waals surface area contributed by atoms with Gasteiger partial charge >= 0.3 is 0 Å². The molecule has 2 aromatic rings. The average Bonchev–Trinajstić information content (AvgIpc) is 2.66. The summed E-state index contributed by atoms with van der Waals surface area (Å²) in [5.41, 5.74) is 12.3. The van der Waals surface area contributed by atoms with Crippen LogP contribution in [0.4, 0.5) is 5.69 Å². The van der Waals surface area contributed by atoms with Crippen LogP contribution in [-0.2, 0) is 0 Å². The summed E-state index contributed by atoms with van der Waals surface area (Å²) in [5, 5.41) is 3.16. The average molecular weight is 347 g/mol. The van der Waals surface area contributed by atoms with E-state index in [4.69, 9.17) is 10.5 Å². The number of benzene rings is 2. The van der Waals surface area contributed by atoms with Gasteiger partial charge in [0.05, 0.1) is 11.3 Å². The lowest BCUT2D eigenvalue weighted by Gasteiger charge is -2.45. The number of nitrogens with one attached hydrogen (secondary N) is 1. The molecule has 3 aliphatic rings. The Kier molecular flexibility index (Phi) is 3.34. The quantitative estimate of drug-likeness (QED) is 0.832. The Hall–Kier alpha value is -2.79. The van der Waals surface area contributed by atoms with Crippen molar-refractivity contribution in [2.45, 2.75) is 25.6 Å². The van der Waals surface area contributed by atoms with E-state index in [2.05, 4.69) is 35.3 Å². The van der Waals surface area contributed by atoms with Crippen molar-refractivity contribution >= 4 is 17.7 Å². The first-order chi connectivity index (χ1) is 12.6. The second-order valence-electron chi connectivity index (χ2n) is 7.21. The molecule has 3 N–H and O–H groups in total. The predicted molar refractivity (Wildman–Crippen MR) is 101 cm³/mol. The van der Waals surface area contributed by atoms with Gasteiger partial charge in [-0.05, 0) is 36.6 Å². The van der Waals surface area contributed by atoms with Crippen molar-refractivity contribution in [3.8, 4) is 5.75 Å². The highest BCUT2D eigenvalue weighted by Gasteiger charge is 2.38. The first-order valence-corrected chi connectivity index (χ1v) is 9.02. The molecule has 5 rings (SSSR count). The molecule has 0 radical (unpaired) electrons. The first kappa shape index (κ1) is 15.5. The summed E-state index contributed by atoms with van der Waals surface area (Å²) in [5.74, 6) is 0.883. The number of anilines is 1. The van der Waals surface area contributed by atoms with Crippen molar-refractivity contribution in [1.82, 2.24) is 5.32 Å². The van der Waals surface area contributed by atoms with Crippen molar-refractivity contribution in [3.63, 3.8) is 0 Å². The Bertz CT molecular complexity index is 950. The van der Waals surface area contributed by atoms with Crippen LogP contribution in [0.3, 0.4) is 0 Å². The zero-order valence-corrected chi connectivity index (χ0v) is 14.7. The summed E-state index contributed by atoms with van der Waals surface area (Å²) in [6, 6.07) is 11.9. The summed E-state index contributed by atoms with van der Waals surface area (Å²) in [7, 11) is 0. The maximum absolute atomic E-state index is 12.7. The monoisotopic (exact) mass is 347 g/mol. The number of carbonyl (C=O) groups is 1. The van der Waals surface area contributed by atoms with Crippen LogP contribution in [0.2, 0.25) is 0 Å². The van der Waals surface area contributed by atoms with Crippen molar-refractivity contribution in [3.05, 3.63) is 64.2 Å². The number of hydrogen-bond acceptors (Lipinski definition) is 4. The highest BCUT2D eigenvalue weighted by atomic mass is 16.5. The van der Waals surface area contributed by atoms with Crippen LogP contribution in [0.25, 0.3) is 6.08 Å². The normalized spacial score (nSPS) is 23.4. The molecular formula is C21H21N3O2. The van der Waals surface area contributed by atoms with Crippen molar-refractivity contribution in [1.29, 1.82) is 0 Å². The molecule has 5 nitrogen and oxygen atoms in total. The minimum atomic E-state index is -0.197. The molecule has 0 saturated carbocycles. The molecule has 2 atom stereocenters. The third kappa shape index (κ3) is 2.17. The standard InChI is InChI=1S/C21H21N3O2/c1-12-4-2-5-13-10-14(11-26-19(12)13)20-23-21(25)16-7-3-6-15-17(22)8-9-24(20)18(15)16/h2-7,10,17,20H,8-9,11,22H2,1H3,(H,23,25)/t17-,20-/m1/s1. The number of carbonyl (C=O) groups excluding carboxylic acids is 1. The fourth-order valence-electron chi connectivity index (χ4n) is 4.28. The second-order valence-corrected chi connectivity index (χ2v) is 7.21. The number of amides is 1. The van der Waals surface area contributed by atoms with Crippen molar-refractivity contribution in [2.75, 3.05) is 18.1 Å². The maximum Gasteiger partial charge on any atom is 0.255 e. The van der Waals surface area contributed by atoms with Gasteiger partial charge in [0.1, 0.15) is 18.5 Å². The number of fused-ring (bicyclic) bond motifs is 1. The van der Waals surface area contributed by atoms with Gasteiger partial charge in [-0.3, -0.25) is 4.79 Å². The van der Waals surface area contributed by atoms with Gasteiger partial charge in [-0.25, -0.2) is 0 Å². The van der Waals surface area contributed by atoms with Gasteiger partial charge in [0.15, 0.2) is 0 Å². The van der Waals surface area contributed by atoms with E-state index in [1.807, 2.05) is 24.3 Å². The molecule has 1 amide bonds. The third-order valence-corrected chi connectivity index (χ3v) is 5.58. The number of para-hydroxylation sites is 2. The molecule has 26 heavy (non-hydrogen) atoms. The molecule has 0 unspecified atom stereocenters. The van der Waals surface area contributed by atoms with Gasteiger partial charge in [-0.1, -0.05) is 30.3 Å². The third-order valence-electron chi connectivity index (χ3n) is 5.58. The lowest BCUT2D eigenvalue weighted by molar-refractivity contribution is 0.0930. The summed E-state index contributed by atoms with van der Waals surface area (Å²) >= 11 is 0. The molecule has 0 bridgehead atoms. The van der Waals surface area contributed by atoms with Crippen LogP contribution in [0.5, 0.6) is 5.75 Å². The van der Waals surface area contributed by atoms with Crippen LogP contribution in [0.1, 0.15) is 39.5 Å². The van der Waals surface area contributed by atoms with E-state index in [0.717, 1.165) is 46.7 Å². The molecule has 132 valence electrons. The van der Waals surface area contributed by atoms with Gasteiger partial charge in [0.25, 0.3) is 5.91 Å². The summed E-state index contributed by atoms with van der Waals surface area (Å²) in [6.45, 7) is 3.34. The molecule has 3 heterocycles. The van der Waals surface area contributed by atoms with Crippen molar-refractivity contribution in [2.24, 2.45) is 5.73 Å². The van der Waals surface area contributed by atoms with Crippen LogP contribution in [0, 0.1) is 6.92 Å². The lowest BCUT2D eigenvalue weighted by atomic mass is 9.90. The Morgan fingerprint density at radius 2 is 2.08 bits per heavy atom. The first-order valence-electron chi connectivity index (χ1n) is 9.02. The highest BCUT2D eigenvalue weighted by Crippen LogP contribution is 2.40. The smallest absolute Gasteiger partial charge is 0.255 e. The minimum Gasteiger partial charge on any atom is -0.488 e. The topological polar surface area (TPSA) is 67.6 Å². The summed E-state index contributed by atoms with van der Waals surface area (Å²) in [6.07, 6.45) is 2.82. The molecule has 0 aliphatic carbocycles. The molecule has 3 aliphatic heterocycles. The Labute approximate surface area is 152 Å². The molecule has 2 aromatic carbocycles. The van der Waals surface area contributed by atoms with E-state index in [9.17, 15) is 4.79 Å². The van der Waals surface area contributed by atoms with Crippen LogP contribution < -0.4 is 20.7 Å². The number of rotatable bonds is 1. The predicted octanol–water partition coefficient (Wildman–Crippen LogP) is 2.75. The Morgan fingerprint density at radius 1 is 1.23 bits per heavy atom. The number of ether oxygens (including phenoxy) is 1. The second kappa shape index (κ2) is 5.61. The fraction of sp³-hybridized carbons (Fsp3) is 0.286. The Balaban J connectivity index is 1.60. The van der Waals surface area contributed by atoms with Gasteiger partial charge in [0, 0.05) is 23.7 Å². The van der Waals surface area contributed by atoms with Crippen molar-refractivity contribution < 1.29 is 9.53 Å². The van der Waals surface area contributed by atoms with E-state index < -0.39 is 0 Å². The number of aryl methyl sites for hydroxylation is 1. The number of nitrogens with two attached hydrogens (primary N) is 1. The van der Waals surface area contributed by atoms with E-state index >= 15 is 0 Å². The summed E-state index contributed by atoms with van der Waals surface area (Å²) < 4.78 is 6.03. The number of hydrogen-bond donors (Lipinski definition) is 2. The highest BCUT2D eigenvalue weighted by molar-refractivity contribution is 6.03. The SMILES string of the molecule is Cc1cccc2c1OCC([C@@H]1NC(=O)c3cccc4c3N1CC[C@H]4N)=C2. The minimum absolute atomic E-state index is 0.0206. The van der Waals surface area contributed by atoms with Gasteiger partial charge in [-0.2, -0.15) is 0 Å². The van der Waals surface area contributed by atoms with Crippen LogP contribution in [0.15, 0.2) is 42.0 Å². The zero-order chi connectivity index (χ0) is 17.8. The molecular weight excluding hydrogens is 326 g/mol. The largest absolute Gasteiger partial charge is 0.488 e. The van der Waals surface area contributed by atoms with Crippen LogP contribution in [-0.4, -0.2) is 25.2 Å². The maximum atomic E-state index is 12.7. The fourth-order valence-corrected chi connectivity index (χ4v) is 4.28. The molecule has 0 aromatic heterocycles. The van der Waals surface area contributed by atoms with E-state index in [-0.39, 0.29) is 18.1 Å². The molecule has 0 spiro atoms. The van der Waals surface area contributed by atoms with Gasteiger partial charge in [-0.15, -0.1) is 0 Å². The molecule has 0 fully saturated rings. The van der Waals surface area contributed by atoms with Gasteiger partial charge in [0.2, 0.25) is 0 Å². The zero-order valence-electron chi connectivity index (χ0n) is 14.7. The van der Waals surface area contributed by atoms with E-state index in [1.165, 1.54) is 0 Å². The lowest BCUT2D eigenvalue weighted by Crippen LogP contribution is -2.57. The Morgan fingerprint density at radius 3 is 2.96 bits per heavy atom. The van der Waals surface area contributed by atoms with E-state index in [1.54, 1.807) is 0 Å². The summed E-state index contributed by atoms with van der Waals surface area (Å²) in [4.78, 5) is 15.0.